The van der Waals surface area contributed by atoms with Crippen LogP contribution in [0.2, 0.25) is 0 Å². The Hall–Kier alpha value is -0.450. The molecule has 0 spiro atoms. The maximum absolute atomic E-state index is 5.61. The number of aromatic nitrogens is 1. The molecule has 3 rings (SSSR count). The Morgan fingerprint density at radius 2 is 2.24 bits per heavy atom. The van der Waals surface area contributed by atoms with Gasteiger partial charge in [-0.1, -0.05) is 12.8 Å². The van der Waals surface area contributed by atoms with E-state index in [1.54, 1.807) is 11.3 Å². The van der Waals surface area contributed by atoms with Gasteiger partial charge in [-0.25, -0.2) is 4.98 Å². The van der Waals surface area contributed by atoms with Gasteiger partial charge < -0.3 is 5.73 Å². The predicted molar refractivity (Wildman–Crippen MR) is 70.8 cm³/mol. The summed E-state index contributed by atoms with van der Waals surface area (Å²) in [5, 5.41) is 3.25. The van der Waals surface area contributed by atoms with Gasteiger partial charge in [-0.2, -0.15) is 0 Å². The van der Waals surface area contributed by atoms with Gasteiger partial charge in [-0.15, -0.1) is 11.3 Å². The molecule has 0 amide bonds. The number of hydrogen-bond donors (Lipinski definition) is 1. The lowest BCUT2D eigenvalue weighted by molar-refractivity contribution is 0.174. The quantitative estimate of drug-likeness (QED) is 0.897. The predicted octanol–water partition coefficient (Wildman–Crippen LogP) is 2.37. The molecule has 1 saturated heterocycles. The number of rotatable bonds is 3. The van der Waals surface area contributed by atoms with Gasteiger partial charge in [0.25, 0.3) is 0 Å². The molecule has 17 heavy (non-hydrogen) atoms. The molecule has 94 valence electrons. The van der Waals surface area contributed by atoms with Gasteiger partial charge in [0.15, 0.2) is 0 Å². The Morgan fingerprint density at radius 3 is 3.06 bits per heavy atom. The summed E-state index contributed by atoms with van der Waals surface area (Å²) in [6.07, 6.45) is 7.12. The smallest absolute Gasteiger partial charge is 0.106 e. The van der Waals surface area contributed by atoms with Gasteiger partial charge in [-0.05, 0) is 31.7 Å². The Balaban J connectivity index is 1.65. The van der Waals surface area contributed by atoms with Crippen LogP contribution in [0.15, 0.2) is 5.38 Å². The fraction of sp³-hybridized carbons (Fsp3) is 0.769. The average molecular weight is 251 g/mol. The van der Waals surface area contributed by atoms with Crippen LogP contribution < -0.4 is 5.73 Å². The molecule has 2 aliphatic rings. The number of nitrogens with two attached hydrogens (primary N) is 1. The van der Waals surface area contributed by atoms with E-state index < -0.39 is 0 Å². The zero-order valence-electron chi connectivity index (χ0n) is 10.3. The minimum Gasteiger partial charge on any atom is -0.325 e. The maximum Gasteiger partial charge on any atom is 0.106 e. The van der Waals surface area contributed by atoms with Crippen molar-refractivity contribution in [1.82, 2.24) is 9.88 Å². The molecule has 1 saturated carbocycles. The molecule has 1 aliphatic heterocycles. The molecule has 3 nitrogen and oxygen atoms in total. The fourth-order valence-corrected chi connectivity index (χ4v) is 4.09. The molecule has 0 bridgehead atoms. The van der Waals surface area contributed by atoms with Crippen LogP contribution in [-0.4, -0.2) is 22.5 Å². The molecule has 2 N–H and O–H groups in total. The van der Waals surface area contributed by atoms with E-state index in [2.05, 4.69) is 15.3 Å². The molecule has 0 radical (unpaired) electrons. The van der Waals surface area contributed by atoms with Crippen LogP contribution in [0.1, 0.15) is 42.8 Å². The highest BCUT2D eigenvalue weighted by atomic mass is 32.1. The largest absolute Gasteiger partial charge is 0.325 e. The Kier molecular flexibility index (Phi) is 3.45. The van der Waals surface area contributed by atoms with Crippen molar-refractivity contribution in [3.05, 3.63) is 16.1 Å². The van der Waals surface area contributed by atoms with Crippen molar-refractivity contribution in [2.75, 3.05) is 6.54 Å². The summed E-state index contributed by atoms with van der Waals surface area (Å²) >= 11 is 1.70. The maximum atomic E-state index is 5.61. The number of likely N-dealkylation sites (tertiary alicyclic amines) is 1. The van der Waals surface area contributed by atoms with E-state index in [4.69, 9.17) is 5.73 Å². The van der Waals surface area contributed by atoms with Crippen LogP contribution >= 0.6 is 11.3 Å². The third-order valence-electron chi connectivity index (χ3n) is 4.26. The van der Waals surface area contributed by atoms with Crippen molar-refractivity contribution < 1.29 is 0 Å². The SMILES string of the molecule is NCc1nc(CN2CCC3CCCCC32)cs1. The highest BCUT2D eigenvalue weighted by Gasteiger charge is 2.35. The number of hydrogen-bond acceptors (Lipinski definition) is 4. The molecule has 2 atom stereocenters. The van der Waals surface area contributed by atoms with Crippen LogP contribution in [0.25, 0.3) is 0 Å². The summed E-state index contributed by atoms with van der Waals surface area (Å²) in [6, 6.07) is 0.840. The Bertz CT molecular complexity index is 376. The molecule has 2 unspecified atom stereocenters. The zero-order valence-corrected chi connectivity index (χ0v) is 11.1. The van der Waals surface area contributed by atoms with Crippen molar-refractivity contribution in [3.8, 4) is 0 Å². The normalized spacial score (nSPS) is 29.5. The zero-order chi connectivity index (χ0) is 11.7. The molecule has 1 aliphatic carbocycles. The number of thiazole rings is 1. The third-order valence-corrected chi connectivity index (χ3v) is 5.18. The van der Waals surface area contributed by atoms with Gasteiger partial charge in [0.05, 0.1) is 5.69 Å². The Morgan fingerprint density at radius 1 is 1.35 bits per heavy atom. The molecule has 4 heteroatoms. The summed E-state index contributed by atoms with van der Waals surface area (Å²) in [5.41, 5.74) is 6.84. The van der Waals surface area contributed by atoms with Crippen molar-refractivity contribution in [2.45, 2.75) is 51.2 Å². The van der Waals surface area contributed by atoms with Gasteiger partial charge in [0.1, 0.15) is 5.01 Å². The second kappa shape index (κ2) is 5.04. The minimum absolute atomic E-state index is 0.580. The van der Waals surface area contributed by atoms with Crippen LogP contribution in [0.5, 0.6) is 0 Å². The van der Waals surface area contributed by atoms with Crippen LogP contribution in [0.4, 0.5) is 0 Å². The van der Waals surface area contributed by atoms with E-state index in [0.29, 0.717) is 6.54 Å². The molecule has 0 aromatic carbocycles. The van der Waals surface area contributed by atoms with Gasteiger partial charge in [0.2, 0.25) is 0 Å². The van der Waals surface area contributed by atoms with Gasteiger partial charge >= 0.3 is 0 Å². The lowest BCUT2D eigenvalue weighted by Gasteiger charge is -2.31. The molecular weight excluding hydrogens is 230 g/mol. The first kappa shape index (κ1) is 11.6. The summed E-state index contributed by atoms with van der Waals surface area (Å²) < 4.78 is 0. The van der Waals surface area contributed by atoms with Gasteiger partial charge in [0, 0.05) is 24.5 Å². The molecule has 1 aromatic rings. The fourth-order valence-electron chi connectivity index (χ4n) is 3.42. The standard InChI is InChI=1S/C13H21N3S/c14-7-13-15-11(9-17-13)8-16-6-5-10-3-1-2-4-12(10)16/h9-10,12H,1-8,14H2. The van der Waals surface area contributed by atoms with E-state index in [1.807, 2.05) is 0 Å². The van der Waals surface area contributed by atoms with E-state index in [0.717, 1.165) is 23.5 Å². The molecular formula is C13H21N3S. The van der Waals surface area contributed by atoms with E-state index >= 15 is 0 Å². The molecule has 2 heterocycles. The van der Waals surface area contributed by atoms with E-state index in [-0.39, 0.29) is 0 Å². The lowest BCUT2D eigenvalue weighted by Crippen LogP contribution is -2.34. The topological polar surface area (TPSA) is 42.1 Å². The first-order valence-corrected chi connectivity index (χ1v) is 7.62. The van der Waals surface area contributed by atoms with Crippen LogP contribution in [0, 0.1) is 5.92 Å². The number of fused-ring (bicyclic) bond motifs is 1. The lowest BCUT2D eigenvalue weighted by atomic mass is 9.85. The number of nitrogens with zero attached hydrogens (tertiary/aromatic N) is 2. The van der Waals surface area contributed by atoms with Gasteiger partial charge in [-0.3, -0.25) is 4.90 Å². The summed E-state index contributed by atoms with van der Waals surface area (Å²) in [5.74, 6) is 0.969. The summed E-state index contributed by atoms with van der Waals surface area (Å²) in [6.45, 7) is 2.89. The van der Waals surface area contributed by atoms with Crippen molar-refractivity contribution >= 4 is 11.3 Å². The van der Waals surface area contributed by atoms with Crippen molar-refractivity contribution in [3.63, 3.8) is 0 Å². The average Bonchev–Trinajstić information content (AvgIpc) is 2.97. The van der Waals surface area contributed by atoms with E-state index in [1.165, 1.54) is 44.3 Å². The second-order valence-electron chi connectivity index (χ2n) is 5.31. The van der Waals surface area contributed by atoms with Crippen LogP contribution in [-0.2, 0) is 13.1 Å². The van der Waals surface area contributed by atoms with Crippen molar-refractivity contribution in [2.24, 2.45) is 11.7 Å². The first-order valence-electron chi connectivity index (χ1n) is 6.74. The summed E-state index contributed by atoms with van der Waals surface area (Å²) in [4.78, 5) is 7.23. The molecule has 1 aromatic heterocycles. The molecule has 2 fully saturated rings. The van der Waals surface area contributed by atoms with E-state index in [9.17, 15) is 0 Å². The third kappa shape index (κ3) is 2.39. The monoisotopic (exact) mass is 251 g/mol. The first-order chi connectivity index (χ1) is 8.36. The summed E-state index contributed by atoms with van der Waals surface area (Å²) in [7, 11) is 0. The Labute approximate surface area is 107 Å². The van der Waals surface area contributed by atoms with Crippen molar-refractivity contribution in [1.29, 1.82) is 0 Å². The highest BCUT2D eigenvalue weighted by molar-refractivity contribution is 7.09. The van der Waals surface area contributed by atoms with Crippen LogP contribution in [0.3, 0.4) is 0 Å². The second-order valence-corrected chi connectivity index (χ2v) is 6.25. The highest BCUT2D eigenvalue weighted by Crippen LogP contribution is 2.36. The minimum atomic E-state index is 0.580.